The van der Waals surface area contributed by atoms with E-state index in [9.17, 15) is 4.79 Å². The number of fused-ring (bicyclic) bond motifs is 1. The average Bonchev–Trinajstić information content (AvgIpc) is 3.30. The highest BCUT2D eigenvalue weighted by Gasteiger charge is 2.31. The highest BCUT2D eigenvalue weighted by atomic mass is 19.1. The van der Waals surface area contributed by atoms with Gasteiger partial charge in [-0.1, -0.05) is 13.2 Å². The third kappa shape index (κ3) is 3.15. The van der Waals surface area contributed by atoms with Crippen molar-refractivity contribution in [1.29, 1.82) is 0 Å². The number of hydrogen-bond acceptors (Lipinski definition) is 5. The summed E-state index contributed by atoms with van der Waals surface area (Å²) in [4.78, 5) is 18.9. The lowest BCUT2D eigenvalue weighted by Crippen LogP contribution is -2.41. The van der Waals surface area contributed by atoms with Gasteiger partial charge in [-0.2, -0.15) is 5.10 Å². The summed E-state index contributed by atoms with van der Waals surface area (Å²) in [6.07, 6.45) is 7.00. The molecule has 0 spiro atoms. The van der Waals surface area contributed by atoms with Gasteiger partial charge in [0.1, 0.15) is 0 Å². The van der Waals surface area contributed by atoms with Crippen molar-refractivity contribution in [1.82, 2.24) is 25.0 Å². The Morgan fingerprint density at radius 1 is 1.50 bits per heavy atom. The number of halogens is 1. The van der Waals surface area contributed by atoms with Gasteiger partial charge in [0.15, 0.2) is 11.6 Å². The lowest BCUT2D eigenvalue weighted by Gasteiger charge is -2.35. The second-order valence-electron chi connectivity index (χ2n) is 7.19. The Morgan fingerprint density at radius 2 is 2.32 bits per heavy atom. The summed E-state index contributed by atoms with van der Waals surface area (Å²) in [5.74, 6) is -0.608. The number of aromatic nitrogens is 3. The van der Waals surface area contributed by atoms with E-state index in [-0.39, 0.29) is 24.3 Å². The third-order valence-corrected chi connectivity index (χ3v) is 5.27. The van der Waals surface area contributed by atoms with Crippen molar-refractivity contribution in [2.24, 2.45) is 7.05 Å². The normalized spacial score (nSPS) is 18.6. The molecule has 0 unspecified atom stereocenters. The van der Waals surface area contributed by atoms with Crippen molar-refractivity contribution in [2.45, 2.75) is 25.4 Å². The van der Waals surface area contributed by atoms with E-state index in [1.54, 1.807) is 30.2 Å². The van der Waals surface area contributed by atoms with Gasteiger partial charge >= 0.3 is 0 Å². The predicted molar refractivity (Wildman–Crippen MR) is 105 cm³/mol. The van der Waals surface area contributed by atoms with Crippen LogP contribution in [0.1, 0.15) is 28.8 Å². The number of piperidine rings is 1. The molecule has 146 valence electrons. The highest BCUT2D eigenvalue weighted by Crippen LogP contribution is 2.33. The molecular formula is C20H23FN6O. The fourth-order valence-electron chi connectivity index (χ4n) is 3.81. The van der Waals surface area contributed by atoms with E-state index in [1.165, 1.54) is 0 Å². The Kier molecular flexibility index (Phi) is 4.62. The average molecular weight is 382 g/mol. The fraction of sp³-hybridized carbons (Fsp3) is 0.350. The van der Waals surface area contributed by atoms with Crippen LogP contribution in [0.15, 0.2) is 37.3 Å². The lowest BCUT2D eigenvalue weighted by molar-refractivity contribution is 0.0966. The van der Waals surface area contributed by atoms with Gasteiger partial charge in [-0.25, -0.2) is 9.37 Å². The number of rotatable bonds is 5. The zero-order chi connectivity index (χ0) is 19.8. The molecule has 0 aliphatic carbocycles. The second-order valence-corrected chi connectivity index (χ2v) is 7.19. The van der Waals surface area contributed by atoms with Gasteiger partial charge in [0.05, 0.1) is 17.5 Å². The van der Waals surface area contributed by atoms with Gasteiger partial charge in [0, 0.05) is 55.7 Å². The monoisotopic (exact) mass is 382 g/mol. The molecule has 0 aromatic carbocycles. The van der Waals surface area contributed by atoms with Crippen LogP contribution in [0, 0.1) is 5.82 Å². The Morgan fingerprint density at radius 3 is 3.04 bits per heavy atom. The maximum atomic E-state index is 15.1. The van der Waals surface area contributed by atoms with Gasteiger partial charge in [0.2, 0.25) is 0 Å². The minimum absolute atomic E-state index is 0.0253. The summed E-state index contributed by atoms with van der Waals surface area (Å²) in [7, 11) is 1.79. The van der Waals surface area contributed by atoms with E-state index < -0.39 is 5.82 Å². The largest absolute Gasteiger partial charge is 0.370 e. The maximum absolute atomic E-state index is 15.1. The summed E-state index contributed by atoms with van der Waals surface area (Å²) < 4.78 is 16.8. The molecule has 28 heavy (non-hydrogen) atoms. The molecule has 2 aliphatic rings. The van der Waals surface area contributed by atoms with Crippen LogP contribution >= 0.6 is 0 Å². The van der Waals surface area contributed by atoms with Crippen LogP contribution in [0.3, 0.4) is 0 Å². The number of pyridine rings is 1. The van der Waals surface area contributed by atoms with E-state index >= 15 is 4.39 Å². The molecule has 0 radical (unpaired) electrons. The van der Waals surface area contributed by atoms with Gasteiger partial charge in [-0.15, -0.1) is 0 Å². The first-order valence-corrected chi connectivity index (χ1v) is 9.30. The molecule has 2 aliphatic heterocycles. The zero-order valence-electron chi connectivity index (χ0n) is 15.8. The molecule has 4 rings (SSSR count). The topological polar surface area (TPSA) is 75.1 Å². The van der Waals surface area contributed by atoms with Crippen molar-refractivity contribution in [3.8, 4) is 11.3 Å². The summed E-state index contributed by atoms with van der Waals surface area (Å²) >= 11 is 0. The first-order chi connectivity index (χ1) is 13.5. The van der Waals surface area contributed by atoms with Crippen LogP contribution < -0.4 is 10.6 Å². The smallest absolute Gasteiger partial charge is 0.254 e. The molecule has 1 fully saturated rings. The first-order valence-electron chi connectivity index (χ1n) is 9.30. The molecule has 7 nitrogen and oxygen atoms in total. The van der Waals surface area contributed by atoms with Gasteiger partial charge in [0.25, 0.3) is 5.91 Å². The Bertz CT molecular complexity index is 966. The van der Waals surface area contributed by atoms with Crippen LogP contribution in [-0.4, -0.2) is 44.7 Å². The summed E-state index contributed by atoms with van der Waals surface area (Å²) in [5, 5.41) is 10.1. The number of aryl methyl sites for hydroxylation is 1. The SMILES string of the molecule is C=CC(=C)N1CCC[C@H](Nc2nc(-c3cnn(C)c3)c3c(c2F)CNC3=O)C1. The lowest BCUT2D eigenvalue weighted by atomic mass is 10.0. The Labute approximate surface area is 162 Å². The summed E-state index contributed by atoms with van der Waals surface area (Å²) in [6.45, 7) is 9.54. The van der Waals surface area contributed by atoms with Gasteiger partial charge in [-0.05, 0) is 18.9 Å². The van der Waals surface area contributed by atoms with E-state index in [0.717, 1.165) is 25.1 Å². The predicted octanol–water partition coefficient (Wildman–Crippen LogP) is 2.44. The molecule has 8 heteroatoms. The van der Waals surface area contributed by atoms with Crippen molar-refractivity contribution in [3.05, 3.63) is 54.3 Å². The number of nitrogens with zero attached hydrogens (tertiary/aromatic N) is 4. The van der Waals surface area contributed by atoms with Crippen molar-refractivity contribution in [2.75, 3.05) is 18.4 Å². The van der Waals surface area contributed by atoms with Crippen LogP contribution in [-0.2, 0) is 13.6 Å². The van der Waals surface area contributed by atoms with Gasteiger partial charge in [-0.3, -0.25) is 9.48 Å². The van der Waals surface area contributed by atoms with Gasteiger partial charge < -0.3 is 15.5 Å². The summed E-state index contributed by atoms with van der Waals surface area (Å²) in [6, 6.07) is 0.0253. The van der Waals surface area contributed by atoms with Crippen molar-refractivity contribution >= 4 is 11.7 Å². The molecule has 1 saturated heterocycles. The van der Waals surface area contributed by atoms with E-state index in [1.807, 2.05) is 0 Å². The number of allylic oxidation sites excluding steroid dienone is 1. The van der Waals surface area contributed by atoms with Crippen molar-refractivity contribution < 1.29 is 9.18 Å². The molecule has 0 saturated carbocycles. The van der Waals surface area contributed by atoms with Crippen LogP contribution in [0.2, 0.25) is 0 Å². The number of carbonyl (C=O) groups excluding carboxylic acids is 1. The van der Waals surface area contributed by atoms with E-state index in [2.05, 4.69) is 38.8 Å². The number of anilines is 1. The van der Waals surface area contributed by atoms with E-state index in [0.29, 0.717) is 28.9 Å². The molecule has 2 aromatic heterocycles. The molecule has 4 heterocycles. The number of hydrogen-bond donors (Lipinski definition) is 2. The molecule has 2 aromatic rings. The van der Waals surface area contributed by atoms with E-state index in [4.69, 9.17) is 0 Å². The molecule has 1 amide bonds. The quantitative estimate of drug-likeness (QED) is 0.777. The highest BCUT2D eigenvalue weighted by molar-refractivity contribution is 6.04. The van der Waals surface area contributed by atoms with Crippen molar-refractivity contribution in [3.63, 3.8) is 0 Å². The number of carbonyl (C=O) groups is 1. The third-order valence-electron chi connectivity index (χ3n) is 5.27. The fourth-order valence-corrected chi connectivity index (χ4v) is 3.81. The second kappa shape index (κ2) is 7.10. The van der Waals surface area contributed by atoms with Crippen LogP contribution in [0.5, 0.6) is 0 Å². The zero-order valence-corrected chi connectivity index (χ0v) is 15.8. The van der Waals surface area contributed by atoms with Crippen LogP contribution in [0.25, 0.3) is 11.3 Å². The molecule has 1 atom stereocenters. The molecule has 2 N–H and O–H groups in total. The Hall–Kier alpha value is -3.16. The molecule has 0 bridgehead atoms. The Balaban J connectivity index is 1.69. The maximum Gasteiger partial charge on any atom is 0.254 e. The number of amides is 1. The minimum Gasteiger partial charge on any atom is -0.370 e. The minimum atomic E-state index is -0.472. The number of likely N-dealkylation sites (tertiary alicyclic amines) is 1. The molecular weight excluding hydrogens is 359 g/mol. The number of nitrogens with one attached hydrogen (secondary N) is 2. The summed E-state index contributed by atoms with van der Waals surface area (Å²) in [5.41, 5.74) is 2.64. The van der Waals surface area contributed by atoms with Crippen LogP contribution in [0.4, 0.5) is 10.2 Å². The first kappa shape index (κ1) is 18.2. The standard InChI is InChI=1S/C20H23FN6O/c1-4-12(2)27-7-5-6-14(11-27)24-19-17(21)15-9-22-20(28)16(15)18(25-19)13-8-23-26(3)10-13/h4,8,10,14H,1-2,5-7,9,11H2,3H3,(H,22,28)(H,24,25)/t14-/m0/s1.